The number of carbonyl (C=O) groups excluding carboxylic acids is 2. The first-order valence-corrected chi connectivity index (χ1v) is 13.8. The Morgan fingerprint density at radius 1 is 0.811 bits per heavy atom. The maximum atomic E-state index is 13.8. The number of amides is 2. The number of fused-ring (bicyclic) bond motifs is 2. The van der Waals surface area contributed by atoms with Gasteiger partial charge in [-0.1, -0.05) is 70.6 Å². The van der Waals surface area contributed by atoms with Crippen LogP contribution in [0, 0.1) is 11.7 Å². The molecule has 0 N–H and O–H groups in total. The molecule has 2 amide bonds. The number of benzene rings is 3. The highest BCUT2D eigenvalue weighted by Crippen LogP contribution is 2.54. The lowest BCUT2D eigenvalue weighted by Gasteiger charge is -2.30. The molecule has 1 fully saturated rings. The fraction of sp³-hybridized carbons (Fsp3) is 0.148. The molecule has 37 heavy (non-hydrogen) atoms. The summed E-state index contributed by atoms with van der Waals surface area (Å²) in [5.41, 5.74) is 2.01. The Hall–Kier alpha value is -2.91. The van der Waals surface area contributed by atoms with E-state index in [9.17, 15) is 18.8 Å². The lowest BCUT2D eigenvalue weighted by atomic mass is 9.83. The molecule has 3 aromatic carbocycles. The molecule has 1 aromatic heterocycles. The van der Waals surface area contributed by atoms with Crippen LogP contribution in [-0.4, -0.2) is 21.6 Å². The van der Waals surface area contributed by atoms with Gasteiger partial charge in [0, 0.05) is 20.8 Å². The molecule has 2 aliphatic rings. The fourth-order valence-corrected chi connectivity index (χ4v) is 7.93. The van der Waals surface area contributed by atoms with Gasteiger partial charge in [0.15, 0.2) is 0 Å². The first-order valence-electron chi connectivity index (χ1n) is 11.4. The number of halogens is 3. The van der Waals surface area contributed by atoms with Crippen molar-refractivity contribution in [2.45, 2.75) is 22.7 Å². The van der Waals surface area contributed by atoms with Gasteiger partial charge in [-0.3, -0.25) is 19.0 Å². The topological polar surface area (TPSA) is 59.4 Å². The Bertz CT molecular complexity index is 1580. The van der Waals surface area contributed by atoms with Crippen molar-refractivity contribution in [3.63, 3.8) is 0 Å². The number of thioether (sulfide) groups is 1. The van der Waals surface area contributed by atoms with Gasteiger partial charge in [-0.05, 0) is 59.7 Å². The van der Waals surface area contributed by atoms with Crippen LogP contribution in [0.5, 0.6) is 0 Å². The lowest BCUT2D eigenvalue weighted by Crippen LogP contribution is -2.32. The van der Waals surface area contributed by atoms with E-state index in [2.05, 4.69) is 0 Å². The van der Waals surface area contributed by atoms with E-state index >= 15 is 0 Å². The van der Waals surface area contributed by atoms with Gasteiger partial charge >= 0.3 is 4.87 Å². The molecule has 10 heteroatoms. The highest BCUT2D eigenvalue weighted by Gasteiger charge is 2.56. The normalized spacial score (nSPS) is 20.7. The summed E-state index contributed by atoms with van der Waals surface area (Å²) in [5, 5.41) is 1.07. The van der Waals surface area contributed by atoms with Crippen LogP contribution in [0.25, 0.3) is 0 Å². The number of carbonyl (C=O) groups is 2. The Balaban J connectivity index is 1.48. The van der Waals surface area contributed by atoms with Crippen LogP contribution in [0.3, 0.4) is 0 Å². The molecule has 5 nitrogen and oxygen atoms in total. The number of nitrogens with zero attached hydrogens (tertiary/aromatic N) is 2. The zero-order valence-electron chi connectivity index (χ0n) is 18.9. The first-order chi connectivity index (χ1) is 17.8. The van der Waals surface area contributed by atoms with Gasteiger partial charge in [0.25, 0.3) is 0 Å². The smallest absolute Gasteiger partial charge is 0.289 e. The molecule has 0 radical (unpaired) electrons. The second-order valence-corrected chi connectivity index (χ2v) is 11.8. The van der Waals surface area contributed by atoms with Crippen LogP contribution in [0.1, 0.15) is 21.9 Å². The Kier molecular flexibility index (Phi) is 6.23. The molecule has 0 bridgehead atoms. The minimum Gasteiger partial charge on any atom is -0.289 e. The van der Waals surface area contributed by atoms with Crippen molar-refractivity contribution in [2.24, 2.45) is 5.92 Å². The zero-order valence-corrected chi connectivity index (χ0v) is 22.1. The standard InChI is InChI=1S/C27H17Cl2FN2O3S2/c28-16-5-1-14(2-6-16)13-31-26-23(37-27(31)35)20(15-3-7-17(29)8-4-15)21-22(36-26)25(34)32(24(21)33)19-11-9-18(30)10-12-19/h1-12,20-22H,13H2. The molecule has 0 aliphatic carbocycles. The summed E-state index contributed by atoms with van der Waals surface area (Å²) in [5.74, 6) is -2.44. The maximum Gasteiger partial charge on any atom is 0.308 e. The van der Waals surface area contributed by atoms with E-state index in [1.54, 1.807) is 28.8 Å². The van der Waals surface area contributed by atoms with Crippen LogP contribution < -0.4 is 9.77 Å². The van der Waals surface area contributed by atoms with Crippen molar-refractivity contribution in [3.05, 3.63) is 114 Å². The van der Waals surface area contributed by atoms with Crippen LogP contribution >= 0.6 is 46.3 Å². The van der Waals surface area contributed by atoms with Gasteiger partial charge in [-0.2, -0.15) is 0 Å². The van der Waals surface area contributed by atoms with Crippen molar-refractivity contribution in [1.82, 2.24) is 4.57 Å². The molecule has 0 spiro atoms. The third-order valence-electron chi connectivity index (χ3n) is 6.62. The van der Waals surface area contributed by atoms with E-state index in [0.717, 1.165) is 32.2 Å². The van der Waals surface area contributed by atoms with Gasteiger partial charge in [0.1, 0.15) is 11.1 Å². The van der Waals surface area contributed by atoms with E-state index in [1.807, 2.05) is 24.3 Å². The molecular formula is C27H17Cl2FN2O3S2. The molecule has 0 saturated carbocycles. The molecule has 3 atom stereocenters. The van der Waals surface area contributed by atoms with Gasteiger partial charge in [0.2, 0.25) is 11.8 Å². The average Bonchev–Trinajstić information content (AvgIpc) is 3.33. The van der Waals surface area contributed by atoms with Crippen LogP contribution in [-0.2, 0) is 16.1 Å². The number of rotatable bonds is 4. The van der Waals surface area contributed by atoms with E-state index in [-0.39, 0.29) is 16.7 Å². The first kappa shape index (κ1) is 24.4. The SMILES string of the molecule is O=C1C2Sc3c(sc(=O)n3Cc3ccc(Cl)cc3)C(c3ccc(Cl)cc3)C2C(=O)N1c1ccc(F)cc1. The van der Waals surface area contributed by atoms with E-state index in [1.165, 1.54) is 36.0 Å². The number of imide groups is 1. The predicted octanol–water partition coefficient (Wildman–Crippen LogP) is 6.20. The van der Waals surface area contributed by atoms with E-state index in [4.69, 9.17) is 23.2 Å². The van der Waals surface area contributed by atoms with Crippen LogP contribution in [0.4, 0.5) is 10.1 Å². The van der Waals surface area contributed by atoms with Crippen LogP contribution in [0.15, 0.2) is 82.6 Å². The summed E-state index contributed by atoms with van der Waals surface area (Å²) in [7, 11) is 0. The molecule has 3 unspecified atom stereocenters. The molecule has 1 saturated heterocycles. The highest BCUT2D eigenvalue weighted by atomic mass is 35.5. The third kappa shape index (κ3) is 4.22. The second-order valence-electron chi connectivity index (χ2n) is 8.83. The fourth-order valence-electron chi connectivity index (χ4n) is 4.90. The molecule has 2 aliphatic heterocycles. The minimum absolute atomic E-state index is 0.165. The van der Waals surface area contributed by atoms with Crippen molar-refractivity contribution < 1.29 is 14.0 Å². The highest BCUT2D eigenvalue weighted by molar-refractivity contribution is 8.00. The molecular weight excluding hydrogens is 554 g/mol. The third-order valence-corrected chi connectivity index (χ3v) is 9.72. The van der Waals surface area contributed by atoms with Gasteiger partial charge in [-0.25, -0.2) is 9.29 Å². The second kappa shape index (κ2) is 9.44. The number of hydrogen-bond donors (Lipinski definition) is 0. The lowest BCUT2D eigenvalue weighted by molar-refractivity contribution is -0.122. The van der Waals surface area contributed by atoms with Gasteiger partial charge in [0.05, 0.1) is 23.2 Å². The molecule has 4 aromatic rings. The summed E-state index contributed by atoms with van der Waals surface area (Å²) >= 11 is 14.5. The monoisotopic (exact) mass is 570 g/mol. The average molecular weight is 571 g/mol. The summed E-state index contributed by atoms with van der Waals surface area (Å²) in [4.78, 5) is 42.4. The maximum absolute atomic E-state index is 13.8. The summed E-state index contributed by atoms with van der Waals surface area (Å²) in [6, 6.07) is 19.7. The summed E-state index contributed by atoms with van der Waals surface area (Å²) in [6.07, 6.45) is 0. The zero-order chi connectivity index (χ0) is 25.8. The number of anilines is 1. The molecule has 3 heterocycles. The summed E-state index contributed by atoms with van der Waals surface area (Å²) in [6.45, 7) is 0.309. The van der Waals surface area contributed by atoms with Crippen molar-refractivity contribution in [2.75, 3.05) is 4.90 Å². The Morgan fingerprint density at radius 2 is 1.43 bits per heavy atom. The molecule has 6 rings (SSSR count). The molecule has 186 valence electrons. The summed E-state index contributed by atoms with van der Waals surface area (Å²) < 4.78 is 15.2. The number of hydrogen-bond acceptors (Lipinski definition) is 5. The Morgan fingerprint density at radius 3 is 2.08 bits per heavy atom. The van der Waals surface area contributed by atoms with Crippen molar-refractivity contribution in [3.8, 4) is 0 Å². The number of aromatic nitrogens is 1. The van der Waals surface area contributed by atoms with Gasteiger partial charge < -0.3 is 0 Å². The quantitative estimate of drug-likeness (QED) is 0.274. The van der Waals surface area contributed by atoms with Crippen LogP contribution in [0.2, 0.25) is 10.0 Å². The minimum atomic E-state index is -0.740. The van der Waals surface area contributed by atoms with Gasteiger partial charge in [-0.15, -0.1) is 0 Å². The van der Waals surface area contributed by atoms with Crippen molar-refractivity contribution in [1.29, 1.82) is 0 Å². The largest absolute Gasteiger partial charge is 0.308 e. The van der Waals surface area contributed by atoms with E-state index in [0.29, 0.717) is 27.3 Å². The Labute approximate surface area is 229 Å². The van der Waals surface area contributed by atoms with Crippen molar-refractivity contribution >= 4 is 63.8 Å². The van der Waals surface area contributed by atoms with E-state index < -0.39 is 22.9 Å². The number of thiazole rings is 1. The predicted molar refractivity (Wildman–Crippen MR) is 144 cm³/mol.